The van der Waals surface area contributed by atoms with E-state index in [0.717, 1.165) is 36.1 Å². The van der Waals surface area contributed by atoms with Crippen LogP contribution in [0.3, 0.4) is 0 Å². The van der Waals surface area contributed by atoms with E-state index in [1.54, 1.807) is 12.1 Å². The molecule has 7 heteroatoms. The zero-order valence-electron chi connectivity index (χ0n) is 14.3. The van der Waals surface area contributed by atoms with Crippen molar-refractivity contribution in [1.82, 2.24) is 0 Å². The lowest BCUT2D eigenvalue weighted by Gasteiger charge is -2.14. The van der Waals surface area contributed by atoms with Gasteiger partial charge in [-0.1, -0.05) is 24.6 Å². The Morgan fingerprint density at radius 3 is 2.59 bits per heavy atom. The molecule has 1 N–H and O–H groups in total. The highest BCUT2D eigenvalue weighted by atomic mass is 35.5. The summed E-state index contributed by atoms with van der Waals surface area (Å²) >= 11 is 5.96. The number of aliphatic carboxylic acids is 1. The summed E-state index contributed by atoms with van der Waals surface area (Å²) < 4.78 is 44.0. The quantitative estimate of drug-likeness (QED) is 0.725. The van der Waals surface area contributed by atoms with E-state index in [1.165, 1.54) is 6.07 Å². The third kappa shape index (κ3) is 2.78. The minimum absolute atomic E-state index is 0.0427. The molecule has 0 aliphatic heterocycles. The van der Waals surface area contributed by atoms with Crippen LogP contribution in [0.15, 0.2) is 36.4 Å². The fourth-order valence-corrected chi connectivity index (χ4v) is 4.71. The third-order valence-electron chi connectivity index (χ3n) is 5.90. The van der Waals surface area contributed by atoms with Gasteiger partial charge in [0.15, 0.2) is 0 Å². The van der Waals surface area contributed by atoms with Gasteiger partial charge in [0, 0.05) is 5.41 Å². The van der Waals surface area contributed by atoms with Crippen LogP contribution in [0, 0.1) is 11.8 Å². The van der Waals surface area contributed by atoms with E-state index in [0.29, 0.717) is 5.75 Å². The van der Waals surface area contributed by atoms with Crippen LogP contribution in [-0.2, 0) is 22.8 Å². The number of ether oxygens (including phenoxy) is 1. The van der Waals surface area contributed by atoms with Crippen LogP contribution >= 0.6 is 11.6 Å². The van der Waals surface area contributed by atoms with Gasteiger partial charge in [0.2, 0.25) is 0 Å². The van der Waals surface area contributed by atoms with Crippen LogP contribution in [0.1, 0.15) is 30.0 Å². The first kappa shape index (κ1) is 18.2. The van der Waals surface area contributed by atoms with Gasteiger partial charge >= 0.3 is 12.1 Å². The summed E-state index contributed by atoms with van der Waals surface area (Å²) in [7, 11) is 0. The van der Waals surface area contributed by atoms with Crippen molar-refractivity contribution in [3.8, 4) is 11.5 Å². The number of benzene rings is 2. The standard InChI is InChI=1S/C20H16ClF3O3/c1-10-17(18(25)26)19(10)7-6-11-2-4-13(9-14(11)19)27-16-5-3-12(8-15(16)21)20(22,23)24/h2-5,8-10,17H,6-7H2,1H3,(H,25,26)/t10-,17?,19?/m0/s1. The number of hydrogen-bond acceptors (Lipinski definition) is 2. The van der Waals surface area contributed by atoms with Crippen LogP contribution in [-0.4, -0.2) is 11.1 Å². The first-order valence-electron chi connectivity index (χ1n) is 8.55. The summed E-state index contributed by atoms with van der Waals surface area (Å²) in [6.45, 7) is 1.94. The molecular weight excluding hydrogens is 381 g/mol. The molecule has 0 amide bonds. The van der Waals surface area contributed by atoms with Gasteiger partial charge in [-0.3, -0.25) is 4.79 Å². The highest BCUT2D eigenvalue weighted by Crippen LogP contribution is 2.66. The molecule has 3 atom stereocenters. The highest BCUT2D eigenvalue weighted by Gasteiger charge is 2.68. The molecule has 2 unspecified atom stereocenters. The Morgan fingerprint density at radius 1 is 1.26 bits per heavy atom. The van der Waals surface area contributed by atoms with Gasteiger partial charge in [0.1, 0.15) is 11.5 Å². The second-order valence-corrected chi connectivity index (χ2v) is 7.62. The first-order chi connectivity index (χ1) is 12.6. The van der Waals surface area contributed by atoms with Gasteiger partial charge in [-0.25, -0.2) is 0 Å². The van der Waals surface area contributed by atoms with E-state index in [2.05, 4.69) is 0 Å². The SMILES string of the molecule is C[C@H]1C(C(=O)O)C12CCc1ccc(Oc3ccc(C(F)(F)F)cc3Cl)cc12. The van der Waals surface area contributed by atoms with Gasteiger partial charge in [0.25, 0.3) is 0 Å². The third-order valence-corrected chi connectivity index (χ3v) is 6.20. The van der Waals surface area contributed by atoms with E-state index in [9.17, 15) is 23.1 Å². The van der Waals surface area contributed by atoms with Gasteiger partial charge < -0.3 is 9.84 Å². The fraction of sp³-hybridized carbons (Fsp3) is 0.350. The van der Waals surface area contributed by atoms with Gasteiger partial charge in [-0.05, 0) is 60.2 Å². The largest absolute Gasteiger partial charge is 0.481 e. The first-order valence-corrected chi connectivity index (χ1v) is 8.93. The van der Waals surface area contributed by atoms with Crippen molar-refractivity contribution in [1.29, 1.82) is 0 Å². The van der Waals surface area contributed by atoms with Crippen LogP contribution in [0.4, 0.5) is 13.2 Å². The maximum atomic E-state index is 12.8. The summed E-state index contributed by atoms with van der Waals surface area (Å²) in [6, 6.07) is 8.36. The molecule has 1 spiro atoms. The molecule has 2 aromatic carbocycles. The van der Waals surface area contributed by atoms with Crippen LogP contribution in [0.25, 0.3) is 0 Å². The normalized spacial score (nSPS) is 26.1. The number of alkyl halides is 3. The van der Waals surface area contributed by atoms with E-state index in [4.69, 9.17) is 16.3 Å². The lowest BCUT2D eigenvalue weighted by molar-refractivity contribution is -0.139. The Hall–Kier alpha value is -2.21. The fourth-order valence-electron chi connectivity index (χ4n) is 4.49. The van der Waals surface area contributed by atoms with Crippen molar-refractivity contribution >= 4 is 17.6 Å². The Kier molecular flexibility index (Phi) is 3.97. The smallest absolute Gasteiger partial charge is 0.416 e. The van der Waals surface area contributed by atoms with Gasteiger partial charge in [-0.15, -0.1) is 0 Å². The second kappa shape index (κ2) is 5.89. The second-order valence-electron chi connectivity index (χ2n) is 7.21. The highest BCUT2D eigenvalue weighted by molar-refractivity contribution is 6.32. The van der Waals surface area contributed by atoms with Crippen molar-refractivity contribution in [2.24, 2.45) is 11.8 Å². The summed E-state index contributed by atoms with van der Waals surface area (Å²) in [5.74, 6) is -0.618. The van der Waals surface area contributed by atoms with Gasteiger partial charge in [-0.2, -0.15) is 13.2 Å². The summed E-state index contributed by atoms with van der Waals surface area (Å²) in [6.07, 6.45) is -2.88. The van der Waals surface area contributed by atoms with E-state index < -0.39 is 23.6 Å². The summed E-state index contributed by atoms with van der Waals surface area (Å²) in [5, 5.41) is 9.33. The zero-order chi connectivity index (χ0) is 19.6. The number of carboxylic acid groups (broad SMARTS) is 1. The predicted octanol–water partition coefficient (Wildman–Crippen LogP) is 5.69. The van der Waals surface area contributed by atoms with Crippen molar-refractivity contribution in [2.75, 3.05) is 0 Å². The average Bonchev–Trinajstić information content (AvgIpc) is 3.01. The Labute approximate surface area is 158 Å². The van der Waals surface area contributed by atoms with Gasteiger partial charge in [0.05, 0.1) is 16.5 Å². The number of aryl methyl sites for hydroxylation is 1. The minimum Gasteiger partial charge on any atom is -0.481 e. The molecule has 27 heavy (non-hydrogen) atoms. The number of fused-ring (bicyclic) bond motifs is 2. The minimum atomic E-state index is -4.48. The molecule has 3 nitrogen and oxygen atoms in total. The maximum Gasteiger partial charge on any atom is 0.416 e. The van der Waals surface area contributed by atoms with Crippen LogP contribution < -0.4 is 4.74 Å². The summed E-state index contributed by atoms with van der Waals surface area (Å²) in [4.78, 5) is 11.5. The summed E-state index contributed by atoms with van der Waals surface area (Å²) in [5.41, 5.74) is 0.841. The Bertz CT molecular complexity index is 941. The lowest BCUT2D eigenvalue weighted by atomic mass is 9.93. The molecule has 0 radical (unpaired) electrons. The molecule has 0 bridgehead atoms. The number of hydrogen-bond donors (Lipinski definition) is 1. The van der Waals surface area contributed by atoms with Crippen LogP contribution in [0.5, 0.6) is 11.5 Å². The molecule has 0 heterocycles. The topological polar surface area (TPSA) is 46.5 Å². The van der Waals surface area contributed by atoms with Crippen molar-refractivity contribution in [3.05, 3.63) is 58.1 Å². The molecule has 0 aromatic heterocycles. The Balaban J connectivity index is 1.64. The molecule has 142 valence electrons. The lowest BCUT2D eigenvalue weighted by Crippen LogP contribution is -2.11. The van der Waals surface area contributed by atoms with E-state index in [1.807, 2.05) is 13.0 Å². The number of halogens is 4. The molecule has 1 saturated carbocycles. The number of carbonyl (C=O) groups is 1. The number of rotatable bonds is 3. The van der Waals surface area contributed by atoms with Crippen molar-refractivity contribution in [2.45, 2.75) is 31.4 Å². The average molecular weight is 397 g/mol. The molecule has 1 fully saturated rings. The number of carboxylic acids is 1. The molecule has 2 aliphatic carbocycles. The molecule has 0 saturated heterocycles. The molecule has 4 rings (SSSR count). The predicted molar refractivity (Wildman–Crippen MR) is 93.3 cm³/mol. The van der Waals surface area contributed by atoms with E-state index >= 15 is 0 Å². The molecule has 2 aromatic rings. The zero-order valence-corrected chi connectivity index (χ0v) is 15.1. The van der Waals surface area contributed by atoms with E-state index in [-0.39, 0.29) is 22.1 Å². The van der Waals surface area contributed by atoms with Crippen molar-refractivity contribution < 1.29 is 27.8 Å². The van der Waals surface area contributed by atoms with Crippen LogP contribution in [0.2, 0.25) is 5.02 Å². The molecular formula is C20H16ClF3O3. The maximum absolute atomic E-state index is 12.8. The van der Waals surface area contributed by atoms with Crippen molar-refractivity contribution in [3.63, 3.8) is 0 Å². The monoisotopic (exact) mass is 396 g/mol. The Morgan fingerprint density at radius 2 is 2.00 bits per heavy atom. The molecule has 2 aliphatic rings.